The summed E-state index contributed by atoms with van der Waals surface area (Å²) in [6.07, 6.45) is -10.2. The Labute approximate surface area is 236 Å². The van der Waals surface area contributed by atoms with Crippen molar-refractivity contribution in [2.75, 3.05) is 11.5 Å². The maximum Gasteiger partial charge on any atom is 0.417 e. The van der Waals surface area contributed by atoms with Crippen LogP contribution in [0.2, 0.25) is 15.1 Å². The lowest BCUT2D eigenvalue weighted by Gasteiger charge is -2.19. The predicted molar refractivity (Wildman–Crippen MR) is 136 cm³/mol. The van der Waals surface area contributed by atoms with Crippen LogP contribution in [0, 0.1) is 11.3 Å². The van der Waals surface area contributed by atoms with E-state index >= 15 is 0 Å². The molecule has 1 N–H and O–H groups in total. The third-order valence-electron chi connectivity index (χ3n) is 5.13. The zero-order valence-electron chi connectivity index (χ0n) is 19.7. The van der Waals surface area contributed by atoms with Crippen LogP contribution in [0.25, 0.3) is 5.83 Å². The first-order valence-electron chi connectivity index (χ1n) is 10.8. The van der Waals surface area contributed by atoms with E-state index in [2.05, 4.69) is 5.32 Å². The first kappa shape index (κ1) is 32.9. The van der Waals surface area contributed by atoms with Crippen LogP contribution >= 0.6 is 34.8 Å². The Morgan fingerprint density at radius 3 is 2.21 bits per heavy atom. The van der Waals surface area contributed by atoms with Gasteiger partial charge in [-0.2, -0.15) is 31.6 Å². The molecule has 3 unspecified atom stereocenters. The molecule has 0 bridgehead atoms. The van der Waals surface area contributed by atoms with Crippen LogP contribution in [0.3, 0.4) is 0 Å². The van der Waals surface area contributed by atoms with Gasteiger partial charge in [0.2, 0.25) is 0 Å². The molecule has 0 spiro atoms. The quantitative estimate of drug-likeness (QED) is 0.223. The molecule has 39 heavy (non-hydrogen) atoms. The van der Waals surface area contributed by atoms with Gasteiger partial charge in [-0.15, -0.1) is 0 Å². The average molecular weight is 638 g/mol. The number of hydrogen-bond donors (Lipinski definition) is 1. The highest BCUT2D eigenvalue weighted by molar-refractivity contribution is 7.85. The van der Waals surface area contributed by atoms with E-state index in [0.29, 0.717) is 6.07 Å². The molecule has 0 saturated carbocycles. The number of halogens is 10. The molecule has 212 valence electrons. The highest BCUT2D eigenvalue weighted by atomic mass is 35.5. The second-order valence-electron chi connectivity index (χ2n) is 8.18. The minimum atomic E-state index is -5.18. The molecule has 0 aromatic heterocycles. The predicted octanol–water partition coefficient (Wildman–Crippen LogP) is 8.10. The van der Waals surface area contributed by atoms with E-state index in [1.807, 2.05) is 0 Å². The number of benzene rings is 2. The summed E-state index contributed by atoms with van der Waals surface area (Å²) in [6, 6.07) is 4.12. The van der Waals surface area contributed by atoms with Crippen molar-refractivity contribution in [3.63, 3.8) is 0 Å². The Morgan fingerprint density at radius 2 is 1.69 bits per heavy atom. The van der Waals surface area contributed by atoms with Gasteiger partial charge in [0.05, 0.1) is 32.3 Å². The molecule has 0 fully saturated rings. The van der Waals surface area contributed by atoms with Crippen LogP contribution < -0.4 is 5.32 Å². The van der Waals surface area contributed by atoms with Crippen LogP contribution in [0.5, 0.6) is 0 Å². The maximum absolute atomic E-state index is 15.0. The van der Waals surface area contributed by atoms with Crippen LogP contribution in [0.1, 0.15) is 46.3 Å². The summed E-state index contributed by atoms with van der Waals surface area (Å²) in [4.78, 5) is 12.5. The van der Waals surface area contributed by atoms with Crippen molar-refractivity contribution in [2.24, 2.45) is 0 Å². The summed E-state index contributed by atoms with van der Waals surface area (Å²) < 4.78 is 109. The van der Waals surface area contributed by atoms with Gasteiger partial charge < -0.3 is 5.32 Å². The standard InChI is InChI=1S/C24H18Cl3F7N2O2S/c1-12(11-39(38)6-2-5-35)36-22(37)15-4-3-13(7-17(15)24(32,33)34)20(28)10-16(23(29,30)31)14-8-18(25)21(27)19(26)9-14/h3-4,7-10,12,16H,2,6,11H2,1H3,(H,36,37)/b20-10-. The SMILES string of the molecule is CC(CS(=O)CCC#N)NC(=O)c1ccc(/C(F)=C/C(c2cc(Cl)c(Cl)c(Cl)c2)C(F)(F)F)cc1C(F)(F)F. The van der Waals surface area contributed by atoms with Gasteiger partial charge in [0.1, 0.15) is 11.7 Å². The van der Waals surface area contributed by atoms with Gasteiger partial charge in [0, 0.05) is 40.3 Å². The van der Waals surface area contributed by atoms with Gasteiger partial charge >= 0.3 is 12.4 Å². The van der Waals surface area contributed by atoms with Gasteiger partial charge in [-0.25, -0.2) is 4.39 Å². The van der Waals surface area contributed by atoms with E-state index in [1.165, 1.54) is 6.92 Å². The molecule has 0 aliphatic rings. The summed E-state index contributed by atoms with van der Waals surface area (Å²) in [5.41, 5.74) is -3.99. The van der Waals surface area contributed by atoms with Gasteiger partial charge in [-0.1, -0.05) is 40.9 Å². The number of hydrogen-bond acceptors (Lipinski definition) is 3. The number of carbonyl (C=O) groups excluding carboxylic acids is 1. The van der Waals surface area contributed by atoms with E-state index in [-0.39, 0.29) is 45.1 Å². The van der Waals surface area contributed by atoms with Crippen molar-refractivity contribution in [3.8, 4) is 6.07 Å². The lowest BCUT2D eigenvalue weighted by Crippen LogP contribution is -2.37. The van der Waals surface area contributed by atoms with Crippen molar-refractivity contribution in [1.29, 1.82) is 5.26 Å². The normalized spacial score (nSPS) is 14.9. The van der Waals surface area contributed by atoms with E-state index in [0.717, 1.165) is 18.2 Å². The molecule has 0 heterocycles. The summed E-state index contributed by atoms with van der Waals surface area (Å²) >= 11 is 17.3. The van der Waals surface area contributed by atoms with Gasteiger partial charge in [-0.3, -0.25) is 9.00 Å². The third-order valence-corrected chi connectivity index (χ3v) is 7.86. The van der Waals surface area contributed by atoms with Crippen LogP contribution in [-0.2, 0) is 17.0 Å². The number of alkyl halides is 6. The monoisotopic (exact) mass is 636 g/mol. The Balaban J connectivity index is 2.45. The number of nitrogens with zero attached hydrogens (tertiary/aromatic N) is 1. The van der Waals surface area contributed by atoms with Crippen molar-refractivity contribution >= 4 is 57.3 Å². The lowest BCUT2D eigenvalue weighted by molar-refractivity contribution is -0.140. The van der Waals surface area contributed by atoms with E-state index < -0.39 is 69.1 Å². The fraction of sp³-hybridized carbons (Fsp3) is 0.333. The first-order chi connectivity index (χ1) is 17.9. The van der Waals surface area contributed by atoms with Crippen LogP contribution in [0.15, 0.2) is 36.4 Å². The fourth-order valence-electron chi connectivity index (χ4n) is 3.37. The van der Waals surface area contributed by atoms with E-state index in [9.17, 15) is 39.7 Å². The van der Waals surface area contributed by atoms with Crippen LogP contribution in [0.4, 0.5) is 30.7 Å². The van der Waals surface area contributed by atoms with Gasteiger partial charge in [0.15, 0.2) is 0 Å². The number of nitriles is 1. The van der Waals surface area contributed by atoms with E-state index in [4.69, 9.17) is 40.1 Å². The Kier molecular flexibility index (Phi) is 11.3. The molecule has 2 rings (SSSR count). The second kappa shape index (κ2) is 13.4. The van der Waals surface area contributed by atoms with Crippen LogP contribution in [-0.4, -0.2) is 33.8 Å². The molecule has 2 aromatic carbocycles. The lowest BCUT2D eigenvalue weighted by atomic mass is 9.95. The third kappa shape index (κ3) is 9.10. The van der Waals surface area contributed by atoms with Crippen molar-refractivity contribution in [1.82, 2.24) is 5.32 Å². The number of carbonyl (C=O) groups is 1. The topological polar surface area (TPSA) is 70.0 Å². The van der Waals surface area contributed by atoms with Gasteiger partial charge in [-0.05, 0) is 42.8 Å². The van der Waals surface area contributed by atoms with Gasteiger partial charge in [0.25, 0.3) is 5.91 Å². The number of amides is 1. The zero-order chi connectivity index (χ0) is 29.7. The molecule has 0 saturated heterocycles. The molecule has 0 aliphatic carbocycles. The van der Waals surface area contributed by atoms with Crippen molar-refractivity contribution in [3.05, 3.63) is 73.7 Å². The molecule has 3 atom stereocenters. The highest BCUT2D eigenvalue weighted by Crippen LogP contribution is 2.42. The Bertz CT molecular complexity index is 1300. The smallest absolute Gasteiger partial charge is 0.349 e. The minimum absolute atomic E-state index is 0.0121. The zero-order valence-corrected chi connectivity index (χ0v) is 22.8. The largest absolute Gasteiger partial charge is 0.417 e. The Hall–Kier alpha value is -2.33. The fourth-order valence-corrected chi connectivity index (χ4v) is 5.11. The summed E-state index contributed by atoms with van der Waals surface area (Å²) in [7, 11) is -1.52. The maximum atomic E-state index is 15.0. The molecule has 15 heteroatoms. The average Bonchev–Trinajstić information content (AvgIpc) is 2.82. The number of rotatable bonds is 9. The molecule has 0 radical (unpaired) electrons. The summed E-state index contributed by atoms with van der Waals surface area (Å²) in [6.45, 7) is 1.39. The summed E-state index contributed by atoms with van der Waals surface area (Å²) in [5.74, 6) is -5.65. The first-order valence-corrected chi connectivity index (χ1v) is 13.4. The van der Waals surface area contributed by atoms with E-state index in [1.54, 1.807) is 6.07 Å². The number of nitrogens with one attached hydrogen (secondary N) is 1. The molecule has 0 aliphatic heterocycles. The van der Waals surface area contributed by atoms with Crippen molar-refractivity contribution in [2.45, 2.75) is 37.7 Å². The minimum Gasteiger partial charge on any atom is -0.349 e. The van der Waals surface area contributed by atoms with Crippen molar-refractivity contribution < 1.29 is 39.7 Å². The molecule has 1 amide bonds. The molecular formula is C24H18Cl3F7N2O2S. The molecule has 4 nitrogen and oxygen atoms in total. The summed E-state index contributed by atoms with van der Waals surface area (Å²) in [5, 5.41) is 9.84. The molecular weight excluding hydrogens is 620 g/mol. The molecule has 2 aromatic rings. The second-order valence-corrected chi connectivity index (χ2v) is 11.0. The number of allylic oxidation sites excluding steroid dienone is 1. The Morgan fingerprint density at radius 1 is 1.10 bits per heavy atom. The highest BCUT2D eigenvalue weighted by Gasteiger charge is 2.41.